The van der Waals surface area contributed by atoms with Crippen LogP contribution >= 0.6 is 11.3 Å². The van der Waals surface area contributed by atoms with Crippen molar-refractivity contribution in [3.63, 3.8) is 0 Å². The summed E-state index contributed by atoms with van der Waals surface area (Å²) in [6.45, 7) is 5.75. The summed E-state index contributed by atoms with van der Waals surface area (Å²) in [6.07, 6.45) is 7.20. The molecule has 1 aliphatic carbocycles. The number of aromatic nitrogens is 1. The Morgan fingerprint density at radius 3 is 2.76 bits per heavy atom. The number of nitrogens with one attached hydrogen (secondary N) is 3. The van der Waals surface area contributed by atoms with Gasteiger partial charge in [0.2, 0.25) is 11.8 Å². The molecule has 3 aliphatic rings. The SMILES string of the molecule is C[C@H](OCNC(C(=O)N[C@@H]1C(=O)NC1(C)C)c1csc(N)n1)[C@H]1CCc2cc(C(N)=NC3CCCCC3)ccc2O1. The zero-order chi connectivity index (χ0) is 29.1. The molecule has 222 valence electrons. The molecule has 4 atom stereocenters. The minimum atomic E-state index is -0.827. The Bertz CT molecular complexity index is 1290. The molecule has 12 heteroatoms. The van der Waals surface area contributed by atoms with E-state index in [0.29, 0.717) is 22.7 Å². The molecular weight excluding hydrogens is 542 g/mol. The summed E-state index contributed by atoms with van der Waals surface area (Å²) in [4.78, 5) is 34.2. The fraction of sp³-hybridized carbons (Fsp3) is 0.586. The Labute approximate surface area is 244 Å². The lowest BCUT2D eigenvalue weighted by Gasteiger charge is -2.44. The van der Waals surface area contributed by atoms with Crippen LogP contribution in [-0.4, -0.2) is 59.2 Å². The number of β-lactam (4-membered cyclic amide) rings is 1. The Morgan fingerprint density at radius 2 is 2.07 bits per heavy atom. The second-order valence-corrected chi connectivity index (χ2v) is 12.6. The maximum atomic E-state index is 13.2. The minimum absolute atomic E-state index is 0.0801. The number of amides is 2. The topological polar surface area (TPSA) is 166 Å². The summed E-state index contributed by atoms with van der Waals surface area (Å²) in [5.41, 5.74) is 14.2. The van der Waals surface area contributed by atoms with Crippen molar-refractivity contribution >= 4 is 34.1 Å². The molecule has 1 aromatic carbocycles. The lowest BCUT2D eigenvalue weighted by Crippen LogP contribution is -2.75. The van der Waals surface area contributed by atoms with Gasteiger partial charge in [0.25, 0.3) is 0 Å². The number of rotatable bonds is 10. The third kappa shape index (κ3) is 6.82. The Kier molecular flexibility index (Phi) is 8.81. The highest BCUT2D eigenvalue weighted by Crippen LogP contribution is 2.31. The van der Waals surface area contributed by atoms with Crippen molar-refractivity contribution in [1.29, 1.82) is 0 Å². The summed E-state index contributed by atoms with van der Waals surface area (Å²) in [5.74, 6) is 0.845. The highest BCUT2D eigenvalue weighted by Gasteiger charge is 2.47. The molecule has 7 N–H and O–H groups in total. The number of fused-ring (bicyclic) bond motifs is 1. The molecule has 2 aliphatic heterocycles. The van der Waals surface area contributed by atoms with Gasteiger partial charge < -0.3 is 31.6 Å². The van der Waals surface area contributed by atoms with Crippen molar-refractivity contribution < 1.29 is 19.1 Å². The first-order valence-corrected chi connectivity index (χ1v) is 15.3. The molecule has 1 unspecified atom stereocenters. The highest BCUT2D eigenvalue weighted by atomic mass is 32.1. The quantitative estimate of drug-likeness (QED) is 0.123. The molecule has 0 bridgehead atoms. The zero-order valence-corrected chi connectivity index (χ0v) is 24.8. The molecule has 0 radical (unpaired) electrons. The smallest absolute Gasteiger partial charge is 0.245 e. The Morgan fingerprint density at radius 1 is 1.29 bits per heavy atom. The number of hydrogen-bond acceptors (Lipinski definition) is 9. The van der Waals surface area contributed by atoms with E-state index in [0.717, 1.165) is 42.6 Å². The van der Waals surface area contributed by atoms with E-state index in [1.807, 2.05) is 32.9 Å². The van der Waals surface area contributed by atoms with Crippen molar-refractivity contribution in [2.75, 3.05) is 12.5 Å². The maximum Gasteiger partial charge on any atom is 0.245 e. The van der Waals surface area contributed by atoms with Crippen molar-refractivity contribution in [2.24, 2.45) is 10.7 Å². The second kappa shape index (κ2) is 12.3. The van der Waals surface area contributed by atoms with Crippen LogP contribution < -0.4 is 32.2 Å². The van der Waals surface area contributed by atoms with Crippen molar-refractivity contribution in [3.05, 3.63) is 40.4 Å². The number of carbonyl (C=O) groups excluding carboxylic acids is 2. The van der Waals surface area contributed by atoms with Gasteiger partial charge in [0.15, 0.2) is 5.13 Å². The number of nitrogen functional groups attached to an aromatic ring is 1. The largest absolute Gasteiger partial charge is 0.487 e. The van der Waals surface area contributed by atoms with Gasteiger partial charge in [-0.05, 0) is 70.2 Å². The maximum absolute atomic E-state index is 13.2. The van der Waals surface area contributed by atoms with Gasteiger partial charge in [-0.25, -0.2) is 4.98 Å². The van der Waals surface area contributed by atoms with Crippen molar-refractivity contribution in [3.8, 4) is 5.75 Å². The molecule has 1 saturated carbocycles. The first-order chi connectivity index (χ1) is 19.6. The molecule has 11 nitrogen and oxygen atoms in total. The van der Waals surface area contributed by atoms with Crippen LogP contribution in [0.25, 0.3) is 0 Å². The summed E-state index contributed by atoms with van der Waals surface area (Å²) in [5, 5.41) is 10.8. The van der Waals surface area contributed by atoms with Gasteiger partial charge in [0.1, 0.15) is 29.8 Å². The second-order valence-electron chi connectivity index (χ2n) is 11.7. The van der Waals surface area contributed by atoms with E-state index in [-0.39, 0.29) is 30.8 Å². The van der Waals surface area contributed by atoms with Crippen LogP contribution in [0.4, 0.5) is 5.13 Å². The van der Waals surface area contributed by atoms with Gasteiger partial charge in [-0.15, -0.1) is 11.3 Å². The van der Waals surface area contributed by atoms with Crippen LogP contribution in [0.5, 0.6) is 5.75 Å². The lowest BCUT2D eigenvalue weighted by atomic mass is 9.85. The van der Waals surface area contributed by atoms with E-state index in [9.17, 15) is 9.59 Å². The van der Waals surface area contributed by atoms with Crippen LogP contribution in [0.1, 0.15) is 82.2 Å². The molecule has 1 saturated heterocycles. The van der Waals surface area contributed by atoms with Gasteiger partial charge in [0.05, 0.1) is 30.1 Å². The summed E-state index contributed by atoms with van der Waals surface area (Å²) in [6, 6.07) is 4.91. The molecule has 2 fully saturated rings. The van der Waals surface area contributed by atoms with Crippen molar-refractivity contribution in [2.45, 2.75) is 102 Å². The normalized spacial score (nSPS) is 23.9. The number of aliphatic imine (C=N–C) groups is 1. The minimum Gasteiger partial charge on any atom is -0.487 e. The van der Waals surface area contributed by atoms with E-state index in [1.54, 1.807) is 5.38 Å². The number of nitrogens with two attached hydrogens (primary N) is 2. The third-order valence-corrected chi connectivity index (χ3v) is 8.89. The highest BCUT2D eigenvalue weighted by molar-refractivity contribution is 7.13. The molecular formula is C29H41N7O4S. The predicted octanol–water partition coefficient (Wildman–Crippen LogP) is 2.54. The van der Waals surface area contributed by atoms with Crippen LogP contribution in [0.2, 0.25) is 0 Å². The standard InChI is InChI=1S/C29H41N7O4S/c1-16(21-11-9-17-13-18(10-12-22(17)40-21)25(30)33-19-7-5-4-6-8-19)39-15-32-23(20-14-41-28(31)34-20)26(37)35-24-27(38)36-29(24,2)3/h10,12-14,16,19,21,23-24,32H,4-9,11,15H2,1-3H3,(H2,30,33)(H2,31,34)(H,35,37)(H,36,38)/t16-,21+,23?,24+/m0/s1. The molecule has 5 rings (SSSR count). The first kappa shape index (κ1) is 29.3. The summed E-state index contributed by atoms with van der Waals surface area (Å²) in [7, 11) is 0. The van der Waals surface area contributed by atoms with E-state index in [4.69, 9.17) is 25.9 Å². The third-order valence-electron chi connectivity index (χ3n) is 8.20. The number of benzene rings is 1. The Balaban J connectivity index is 1.16. The number of amidine groups is 1. The number of aryl methyl sites for hydroxylation is 1. The van der Waals surface area contributed by atoms with E-state index >= 15 is 0 Å². The van der Waals surface area contributed by atoms with Crippen LogP contribution in [-0.2, 0) is 20.7 Å². The molecule has 2 aromatic rings. The Hall–Kier alpha value is -3.22. The van der Waals surface area contributed by atoms with Crippen LogP contribution in [0.3, 0.4) is 0 Å². The fourth-order valence-corrected chi connectivity index (χ4v) is 6.29. The monoisotopic (exact) mass is 583 g/mol. The van der Waals surface area contributed by atoms with Gasteiger partial charge in [-0.2, -0.15) is 0 Å². The number of thiazole rings is 1. The summed E-state index contributed by atoms with van der Waals surface area (Å²) >= 11 is 1.25. The lowest BCUT2D eigenvalue weighted by molar-refractivity contribution is -0.140. The average Bonchev–Trinajstić information content (AvgIpc) is 3.39. The molecule has 2 amide bonds. The number of nitrogens with zero attached hydrogens (tertiary/aromatic N) is 2. The van der Waals surface area contributed by atoms with Gasteiger partial charge in [0, 0.05) is 10.9 Å². The zero-order valence-electron chi connectivity index (χ0n) is 23.9. The van der Waals surface area contributed by atoms with E-state index in [2.05, 4.69) is 27.0 Å². The number of ether oxygens (including phenoxy) is 2. The van der Waals surface area contributed by atoms with Gasteiger partial charge in [-0.1, -0.05) is 19.3 Å². The van der Waals surface area contributed by atoms with Crippen LogP contribution in [0.15, 0.2) is 28.6 Å². The predicted molar refractivity (Wildman–Crippen MR) is 159 cm³/mol. The summed E-state index contributed by atoms with van der Waals surface area (Å²) < 4.78 is 12.4. The molecule has 1 aromatic heterocycles. The van der Waals surface area contributed by atoms with Crippen LogP contribution in [0, 0.1) is 0 Å². The van der Waals surface area contributed by atoms with E-state index in [1.165, 1.54) is 30.6 Å². The first-order valence-electron chi connectivity index (χ1n) is 14.4. The van der Waals surface area contributed by atoms with E-state index < -0.39 is 17.6 Å². The molecule has 3 heterocycles. The van der Waals surface area contributed by atoms with Crippen molar-refractivity contribution in [1.82, 2.24) is 20.9 Å². The molecule has 41 heavy (non-hydrogen) atoms. The number of hydrogen-bond donors (Lipinski definition) is 5. The number of anilines is 1. The average molecular weight is 584 g/mol. The molecule has 0 spiro atoms. The van der Waals surface area contributed by atoms with Gasteiger partial charge >= 0.3 is 0 Å². The number of carbonyl (C=O) groups is 2. The van der Waals surface area contributed by atoms with Gasteiger partial charge in [-0.3, -0.25) is 19.9 Å². The fourth-order valence-electron chi connectivity index (χ4n) is 5.70.